The Morgan fingerprint density at radius 3 is 2.72 bits per heavy atom. The number of hydrogen-bond donors (Lipinski definition) is 1. The summed E-state index contributed by atoms with van der Waals surface area (Å²) in [5.41, 5.74) is 4.01. The average Bonchev–Trinajstić information content (AvgIpc) is 3.15. The molecule has 0 saturated heterocycles. The van der Waals surface area contributed by atoms with Gasteiger partial charge in [0.2, 0.25) is 0 Å². The first-order valence-electron chi connectivity index (χ1n) is 9.60. The zero-order chi connectivity index (χ0) is 21.1. The molecule has 1 N–H and O–H groups in total. The van der Waals surface area contributed by atoms with Crippen LogP contribution in [-0.4, -0.2) is 25.3 Å². The molecule has 3 aromatic heterocycles. The van der Waals surface area contributed by atoms with Crippen molar-refractivity contribution in [3.8, 4) is 0 Å². The van der Waals surface area contributed by atoms with Gasteiger partial charge in [0.1, 0.15) is 10.7 Å². The summed E-state index contributed by atoms with van der Waals surface area (Å²) >= 11 is 4.94. The summed E-state index contributed by atoms with van der Waals surface area (Å²) in [6.07, 6.45) is 4.60. The molecule has 0 spiro atoms. The molecule has 3 heterocycles. The van der Waals surface area contributed by atoms with Crippen LogP contribution in [0, 0.1) is 18.3 Å². The van der Waals surface area contributed by atoms with Gasteiger partial charge in [0.15, 0.2) is 5.69 Å². The fraction of sp³-hybridized carbons (Fsp3) is 0.500. The zero-order valence-electron chi connectivity index (χ0n) is 17.2. The van der Waals surface area contributed by atoms with Crippen LogP contribution in [0.5, 0.6) is 0 Å². The molecule has 1 atom stereocenters. The van der Waals surface area contributed by atoms with Crippen molar-refractivity contribution >= 4 is 43.4 Å². The predicted octanol–water partition coefficient (Wildman–Crippen LogP) is 3.80. The average molecular weight is 478 g/mol. The monoisotopic (exact) mass is 477 g/mol. The lowest BCUT2D eigenvalue weighted by molar-refractivity contribution is 0.1000. The first kappa shape index (κ1) is 20.3. The second-order valence-electron chi connectivity index (χ2n) is 8.73. The number of halogens is 1. The van der Waals surface area contributed by atoms with Gasteiger partial charge in [-0.05, 0) is 59.0 Å². The van der Waals surface area contributed by atoms with E-state index in [4.69, 9.17) is 0 Å². The molecule has 0 radical (unpaired) electrons. The van der Waals surface area contributed by atoms with E-state index in [1.165, 1.54) is 14.2 Å². The molecule has 1 amide bonds. The topological polar surface area (TPSA) is 81.8 Å². The minimum absolute atomic E-state index is 0.222. The Bertz CT molecular complexity index is 1180. The summed E-state index contributed by atoms with van der Waals surface area (Å²) < 4.78 is 3.35. The molecule has 0 aromatic carbocycles. The van der Waals surface area contributed by atoms with Crippen LogP contribution >= 0.6 is 27.3 Å². The number of nitrogens with zero attached hydrogens (tertiary/aromatic N) is 4. The fourth-order valence-corrected chi connectivity index (χ4v) is 5.86. The fourth-order valence-electron chi connectivity index (χ4n) is 3.97. The van der Waals surface area contributed by atoms with Crippen molar-refractivity contribution in [3.05, 3.63) is 43.0 Å². The maximum atomic E-state index is 13.3. The normalized spacial score (nSPS) is 16.8. The summed E-state index contributed by atoms with van der Waals surface area (Å²) in [6.45, 7) is 8.55. The zero-order valence-corrected chi connectivity index (χ0v) is 19.6. The Balaban J connectivity index is 1.75. The molecular weight excluding hydrogens is 454 g/mol. The largest absolute Gasteiger partial charge is 0.291 e. The lowest BCUT2D eigenvalue weighted by atomic mass is 9.72. The lowest BCUT2D eigenvalue weighted by Gasteiger charge is -2.33. The maximum Gasteiger partial charge on any atom is 0.291 e. The van der Waals surface area contributed by atoms with Gasteiger partial charge in [0.05, 0.1) is 9.86 Å². The molecule has 0 aliphatic heterocycles. The van der Waals surface area contributed by atoms with Crippen LogP contribution in [0.25, 0.3) is 10.2 Å². The Kier molecular flexibility index (Phi) is 4.93. The van der Waals surface area contributed by atoms with E-state index in [0.29, 0.717) is 21.6 Å². The number of fused-ring (bicyclic) bond motifs is 3. The van der Waals surface area contributed by atoms with E-state index in [9.17, 15) is 9.59 Å². The van der Waals surface area contributed by atoms with Crippen molar-refractivity contribution in [2.75, 3.05) is 5.43 Å². The third-order valence-corrected chi connectivity index (χ3v) is 7.42. The lowest BCUT2D eigenvalue weighted by Crippen LogP contribution is -2.36. The molecule has 4 rings (SSSR count). The number of rotatable bonds is 2. The number of aromatic nitrogens is 4. The van der Waals surface area contributed by atoms with Crippen molar-refractivity contribution in [2.45, 2.75) is 47.0 Å². The van der Waals surface area contributed by atoms with Crippen LogP contribution in [0.15, 0.2) is 15.5 Å². The molecule has 0 saturated carbocycles. The van der Waals surface area contributed by atoms with Gasteiger partial charge in [-0.15, -0.1) is 11.3 Å². The molecular formula is C20H24BrN5O2S. The predicted molar refractivity (Wildman–Crippen MR) is 118 cm³/mol. The van der Waals surface area contributed by atoms with Crippen LogP contribution in [0.1, 0.15) is 53.9 Å². The molecule has 0 bridgehead atoms. The van der Waals surface area contributed by atoms with E-state index in [-0.39, 0.29) is 16.7 Å². The minimum atomic E-state index is -0.458. The van der Waals surface area contributed by atoms with Crippen LogP contribution in [0.3, 0.4) is 0 Å². The number of aryl methyl sites for hydroxylation is 3. The Labute approximate surface area is 181 Å². The third kappa shape index (κ3) is 3.54. The molecule has 29 heavy (non-hydrogen) atoms. The SMILES string of the molecule is Cc1nc2sc3c(c2c(=O)n1NC(=O)c1nn(C)cc1Br)CC[C@H](C(C)(C)C)C3. The highest BCUT2D eigenvalue weighted by Gasteiger charge is 2.32. The van der Waals surface area contributed by atoms with Crippen molar-refractivity contribution in [2.24, 2.45) is 18.4 Å². The summed E-state index contributed by atoms with van der Waals surface area (Å²) in [5, 5.41) is 4.79. The number of carbonyl (C=O) groups excluding carboxylic acids is 1. The Morgan fingerprint density at radius 2 is 2.10 bits per heavy atom. The van der Waals surface area contributed by atoms with Crippen molar-refractivity contribution in [1.29, 1.82) is 0 Å². The van der Waals surface area contributed by atoms with Gasteiger partial charge in [-0.2, -0.15) is 5.10 Å². The number of hydrogen-bond acceptors (Lipinski definition) is 5. The Hall–Kier alpha value is -2.00. The van der Waals surface area contributed by atoms with E-state index in [1.54, 1.807) is 31.5 Å². The second-order valence-corrected chi connectivity index (χ2v) is 10.7. The molecule has 0 unspecified atom stereocenters. The van der Waals surface area contributed by atoms with Crippen LogP contribution in [0.2, 0.25) is 0 Å². The van der Waals surface area contributed by atoms with Gasteiger partial charge in [-0.25, -0.2) is 9.66 Å². The first-order valence-corrected chi connectivity index (χ1v) is 11.2. The summed E-state index contributed by atoms with van der Waals surface area (Å²) in [7, 11) is 1.73. The van der Waals surface area contributed by atoms with Gasteiger partial charge in [0.25, 0.3) is 11.5 Å². The van der Waals surface area contributed by atoms with Crippen LogP contribution in [-0.2, 0) is 19.9 Å². The van der Waals surface area contributed by atoms with E-state index >= 15 is 0 Å². The molecule has 3 aromatic rings. The Morgan fingerprint density at radius 1 is 1.38 bits per heavy atom. The van der Waals surface area contributed by atoms with E-state index in [2.05, 4.69) is 52.2 Å². The minimum Gasteiger partial charge on any atom is -0.274 e. The van der Waals surface area contributed by atoms with Gasteiger partial charge < -0.3 is 0 Å². The highest BCUT2D eigenvalue weighted by Crippen LogP contribution is 2.42. The quantitative estimate of drug-likeness (QED) is 0.608. The van der Waals surface area contributed by atoms with Gasteiger partial charge >= 0.3 is 0 Å². The second kappa shape index (κ2) is 7.05. The van der Waals surface area contributed by atoms with Crippen LogP contribution in [0.4, 0.5) is 0 Å². The van der Waals surface area contributed by atoms with Gasteiger partial charge in [-0.3, -0.25) is 19.7 Å². The summed E-state index contributed by atoms with van der Waals surface area (Å²) in [6, 6.07) is 0. The van der Waals surface area contributed by atoms with E-state index in [0.717, 1.165) is 29.7 Å². The number of nitrogens with one attached hydrogen (secondary N) is 1. The van der Waals surface area contributed by atoms with Crippen molar-refractivity contribution in [1.82, 2.24) is 19.4 Å². The molecule has 7 nitrogen and oxygen atoms in total. The first-order chi connectivity index (χ1) is 13.6. The highest BCUT2D eigenvalue weighted by atomic mass is 79.9. The molecule has 154 valence electrons. The smallest absolute Gasteiger partial charge is 0.274 e. The molecule has 1 aliphatic rings. The van der Waals surface area contributed by atoms with Crippen LogP contribution < -0.4 is 11.0 Å². The number of thiophene rings is 1. The van der Waals surface area contributed by atoms with Gasteiger partial charge in [0, 0.05) is 18.1 Å². The van der Waals surface area contributed by atoms with E-state index < -0.39 is 5.91 Å². The molecule has 1 aliphatic carbocycles. The van der Waals surface area contributed by atoms with Gasteiger partial charge in [-0.1, -0.05) is 20.8 Å². The molecule has 9 heteroatoms. The van der Waals surface area contributed by atoms with E-state index in [1.807, 2.05) is 0 Å². The van der Waals surface area contributed by atoms with Crippen molar-refractivity contribution < 1.29 is 4.79 Å². The molecule has 0 fully saturated rings. The number of carbonyl (C=O) groups is 1. The summed E-state index contributed by atoms with van der Waals surface area (Å²) in [4.78, 5) is 32.6. The number of amides is 1. The van der Waals surface area contributed by atoms with Crippen molar-refractivity contribution in [3.63, 3.8) is 0 Å². The highest BCUT2D eigenvalue weighted by molar-refractivity contribution is 9.10. The summed E-state index contributed by atoms with van der Waals surface area (Å²) in [5.74, 6) is 0.585. The standard InChI is InChI=1S/C20H24BrN5O2S/c1-10-22-18-15(12-7-6-11(20(2,3)4)8-14(12)29-18)19(28)26(10)24-17(27)16-13(21)9-25(5)23-16/h9,11H,6-8H2,1-5H3,(H,24,27)/t11-/m0/s1. The maximum absolute atomic E-state index is 13.3. The third-order valence-electron chi connectivity index (χ3n) is 5.69.